The summed E-state index contributed by atoms with van der Waals surface area (Å²) in [5, 5.41) is 28.3. The highest BCUT2D eigenvalue weighted by Crippen LogP contribution is 2.24. The predicted molar refractivity (Wildman–Crippen MR) is 59.5 cm³/mol. The van der Waals surface area contributed by atoms with Crippen molar-refractivity contribution in [3.8, 4) is 0 Å². The standard InChI is InChI=1S/C11H13ClO4/c12-8-1-2-9(7(5-8)6-14)11(16)10(15)3-4-13/h1-2,5-6,10-11,13,15-16H,3-4H2. The lowest BCUT2D eigenvalue weighted by Crippen LogP contribution is -2.20. The van der Waals surface area contributed by atoms with Crippen molar-refractivity contribution < 1.29 is 20.1 Å². The third kappa shape index (κ3) is 3.02. The minimum absolute atomic E-state index is 0.0437. The molecule has 0 aliphatic rings. The fourth-order valence-corrected chi connectivity index (χ4v) is 1.59. The third-order valence-corrected chi connectivity index (χ3v) is 2.52. The van der Waals surface area contributed by atoms with E-state index >= 15 is 0 Å². The maximum atomic E-state index is 10.8. The van der Waals surface area contributed by atoms with E-state index in [1.54, 1.807) is 0 Å². The van der Waals surface area contributed by atoms with Crippen LogP contribution in [0.25, 0.3) is 0 Å². The number of aliphatic hydroxyl groups is 3. The number of rotatable bonds is 5. The fourth-order valence-electron chi connectivity index (χ4n) is 1.41. The fraction of sp³-hybridized carbons (Fsp3) is 0.364. The maximum Gasteiger partial charge on any atom is 0.150 e. The van der Waals surface area contributed by atoms with Crippen LogP contribution in [0.4, 0.5) is 0 Å². The van der Waals surface area contributed by atoms with Crippen LogP contribution in [-0.4, -0.2) is 34.3 Å². The topological polar surface area (TPSA) is 77.8 Å². The van der Waals surface area contributed by atoms with Crippen molar-refractivity contribution in [1.29, 1.82) is 0 Å². The Morgan fingerprint density at radius 1 is 1.38 bits per heavy atom. The van der Waals surface area contributed by atoms with Crippen LogP contribution in [0.2, 0.25) is 5.02 Å². The molecule has 0 aromatic heterocycles. The minimum Gasteiger partial charge on any atom is -0.396 e. The number of aldehydes is 1. The number of hydrogen-bond acceptors (Lipinski definition) is 4. The van der Waals surface area contributed by atoms with Crippen molar-refractivity contribution in [2.75, 3.05) is 6.61 Å². The largest absolute Gasteiger partial charge is 0.396 e. The minimum atomic E-state index is -1.20. The quantitative estimate of drug-likeness (QED) is 0.674. The molecule has 0 bridgehead atoms. The third-order valence-electron chi connectivity index (χ3n) is 2.28. The van der Waals surface area contributed by atoms with Gasteiger partial charge in [-0.15, -0.1) is 0 Å². The zero-order valence-corrected chi connectivity index (χ0v) is 9.26. The van der Waals surface area contributed by atoms with Crippen molar-refractivity contribution in [1.82, 2.24) is 0 Å². The van der Waals surface area contributed by atoms with Crippen LogP contribution in [0.15, 0.2) is 18.2 Å². The van der Waals surface area contributed by atoms with Crippen LogP contribution in [0.3, 0.4) is 0 Å². The van der Waals surface area contributed by atoms with Crippen LogP contribution >= 0.6 is 11.6 Å². The van der Waals surface area contributed by atoms with Gasteiger partial charge in [-0.1, -0.05) is 17.7 Å². The zero-order valence-electron chi connectivity index (χ0n) is 8.51. The molecule has 0 aliphatic heterocycles. The van der Waals surface area contributed by atoms with Gasteiger partial charge in [0.1, 0.15) is 12.4 Å². The monoisotopic (exact) mass is 244 g/mol. The van der Waals surface area contributed by atoms with Gasteiger partial charge in [-0.2, -0.15) is 0 Å². The number of aliphatic hydroxyl groups excluding tert-OH is 3. The second kappa shape index (κ2) is 5.96. The molecule has 1 aromatic carbocycles. The molecule has 0 aliphatic carbocycles. The molecule has 0 amide bonds. The summed E-state index contributed by atoms with van der Waals surface area (Å²) in [5.41, 5.74) is 0.539. The molecule has 1 rings (SSSR count). The molecule has 1 aromatic rings. The average Bonchev–Trinajstić information content (AvgIpc) is 2.28. The predicted octanol–water partition coefficient (Wildman–Crippen LogP) is 0.929. The summed E-state index contributed by atoms with van der Waals surface area (Å²) in [7, 11) is 0. The van der Waals surface area contributed by atoms with E-state index in [4.69, 9.17) is 16.7 Å². The SMILES string of the molecule is O=Cc1cc(Cl)ccc1C(O)C(O)CCO. The summed E-state index contributed by atoms with van der Waals surface area (Å²) in [6, 6.07) is 4.43. The highest BCUT2D eigenvalue weighted by Gasteiger charge is 2.20. The second-order valence-corrected chi connectivity index (χ2v) is 3.85. The van der Waals surface area contributed by atoms with Crippen LogP contribution in [0, 0.1) is 0 Å². The molecule has 0 radical (unpaired) electrons. The Hall–Kier alpha value is -0.940. The van der Waals surface area contributed by atoms with Gasteiger partial charge < -0.3 is 15.3 Å². The first kappa shape index (κ1) is 13.1. The molecular formula is C11H13ClO4. The summed E-state index contributed by atoms with van der Waals surface area (Å²) >= 11 is 5.70. The molecule has 2 atom stereocenters. The van der Waals surface area contributed by atoms with E-state index < -0.39 is 12.2 Å². The molecule has 0 fully saturated rings. The van der Waals surface area contributed by atoms with Gasteiger partial charge in [-0.3, -0.25) is 4.79 Å². The van der Waals surface area contributed by atoms with Crippen LogP contribution in [-0.2, 0) is 0 Å². The van der Waals surface area contributed by atoms with E-state index in [1.165, 1.54) is 18.2 Å². The first-order valence-corrected chi connectivity index (χ1v) is 5.19. The van der Waals surface area contributed by atoms with Crippen molar-refractivity contribution in [2.24, 2.45) is 0 Å². The van der Waals surface area contributed by atoms with Gasteiger partial charge in [0, 0.05) is 17.2 Å². The summed E-state index contributed by atoms with van der Waals surface area (Å²) in [6.45, 7) is -0.234. The molecule has 16 heavy (non-hydrogen) atoms. The number of benzene rings is 1. The van der Waals surface area contributed by atoms with Gasteiger partial charge in [0.15, 0.2) is 0 Å². The average molecular weight is 245 g/mol. The van der Waals surface area contributed by atoms with E-state index in [9.17, 15) is 15.0 Å². The molecular weight excluding hydrogens is 232 g/mol. The van der Waals surface area contributed by atoms with Crippen LogP contribution in [0.5, 0.6) is 0 Å². The van der Waals surface area contributed by atoms with Gasteiger partial charge in [0.25, 0.3) is 0 Å². The Balaban J connectivity index is 2.98. The van der Waals surface area contributed by atoms with Gasteiger partial charge in [0.05, 0.1) is 6.10 Å². The molecule has 0 heterocycles. The molecule has 4 nitrogen and oxygen atoms in total. The molecule has 0 spiro atoms. The second-order valence-electron chi connectivity index (χ2n) is 3.42. The molecule has 2 unspecified atom stereocenters. The molecule has 0 saturated heterocycles. The smallest absolute Gasteiger partial charge is 0.150 e. The summed E-state index contributed by atoms with van der Waals surface area (Å²) < 4.78 is 0. The first-order valence-electron chi connectivity index (χ1n) is 4.81. The van der Waals surface area contributed by atoms with E-state index in [2.05, 4.69) is 0 Å². The van der Waals surface area contributed by atoms with Gasteiger partial charge in [0.2, 0.25) is 0 Å². The lowest BCUT2D eigenvalue weighted by atomic mass is 9.98. The lowest BCUT2D eigenvalue weighted by molar-refractivity contribution is 0.00396. The van der Waals surface area contributed by atoms with Gasteiger partial charge in [-0.25, -0.2) is 0 Å². The Labute approximate surface area is 98.1 Å². The van der Waals surface area contributed by atoms with E-state index in [-0.39, 0.29) is 18.6 Å². The van der Waals surface area contributed by atoms with Gasteiger partial charge in [-0.05, 0) is 24.1 Å². The summed E-state index contributed by atoms with van der Waals surface area (Å²) in [6.07, 6.45) is -1.70. The Bertz CT molecular complexity index is 367. The lowest BCUT2D eigenvalue weighted by Gasteiger charge is -2.18. The summed E-state index contributed by atoms with van der Waals surface area (Å²) in [5.74, 6) is 0. The molecule has 0 saturated carbocycles. The van der Waals surface area contributed by atoms with Gasteiger partial charge >= 0.3 is 0 Å². The number of carbonyl (C=O) groups excluding carboxylic acids is 1. The summed E-state index contributed by atoms with van der Waals surface area (Å²) in [4.78, 5) is 10.8. The van der Waals surface area contributed by atoms with E-state index in [1.807, 2.05) is 0 Å². The van der Waals surface area contributed by atoms with Crippen molar-refractivity contribution in [2.45, 2.75) is 18.6 Å². The number of hydrogen-bond donors (Lipinski definition) is 3. The Morgan fingerprint density at radius 2 is 2.06 bits per heavy atom. The van der Waals surface area contributed by atoms with Crippen LogP contribution < -0.4 is 0 Å². The molecule has 5 heteroatoms. The van der Waals surface area contributed by atoms with E-state index in [0.717, 1.165) is 0 Å². The highest BCUT2D eigenvalue weighted by atomic mass is 35.5. The zero-order chi connectivity index (χ0) is 12.1. The normalized spacial score (nSPS) is 14.5. The maximum absolute atomic E-state index is 10.8. The van der Waals surface area contributed by atoms with Crippen molar-refractivity contribution >= 4 is 17.9 Å². The van der Waals surface area contributed by atoms with Crippen LogP contribution in [0.1, 0.15) is 28.4 Å². The van der Waals surface area contributed by atoms with Crippen molar-refractivity contribution in [3.05, 3.63) is 34.3 Å². The number of carbonyl (C=O) groups is 1. The Kier molecular flexibility index (Phi) is 4.89. The first-order chi connectivity index (χ1) is 7.60. The highest BCUT2D eigenvalue weighted by molar-refractivity contribution is 6.30. The molecule has 3 N–H and O–H groups in total. The number of halogens is 1. The van der Waals surface area contributed by atoms with Crippen molar-refractivity contribution in [3.63, 3.8) is 0 Å². The molecule has 88 valence electrons. The Morgan fingerprint density at radius 3 is 2.62 bits per heavy atom. The van der Waals surface area contributed by atoms with E-state index in [0.29, 0.717) is 16.9 Å².